The van der Waals surface area contributed by atoms with Gasteiger partial charge in [-0.05, 0) is 38.0 Å². The van der Waals surface area contributed by atoms with E-state index in [1.54, 1.807) is 19.1 Å². The normalized spacial score (nSPS) is 17.2. The van der Waals surface area contributed by atoms with Crippen molar-refractivity contribution in [3.05, 3.63) is 30.2 Å². The second-order valence-electron chi connectivity index (χ2n) is 4.92. The Morgan fingerprint density at radius 3 is 2.85 bits per heavy atom. The summed E-state index contributed by atoms with van der Waals surface area (Å²) in [5, 5.41) is 2.89. The first-order valence-electron chi connectivity index (χ1n) is 6.88. The van der Waals surface area contributed by atoms with Gasteiger partial charge in [0.1, 0.15) is 5.76 Å². The monoisotopic (exact) mass is 277 g/mol. The van der Waals surface area contributed by atoms with Gasteiger partial charge in [-0.3, -0.25) is 4.79 Å². The van der Waals surface area contributed by atoms with Gasteiger partial charge in [-0.15, -0.1) is 0 Å². The molecule has 0 aliphatic heterocycles. The minimum atomic E-state index is -0.788. The predicted octanol–water partition coefficient (Wildman–Crippen LogP) is 2.28. The smallest absolute Gasteiger partial charge is 0.331 e. The van der Waals surface area contributed by atoms with Gasteiger partial charge >= 0.3 is 5.97 Å². The molecular weight excluding hydrogens is 258 g/mol. The summed E-state index contributed by atoms with van der Waals surface area (Å²) in [4.78, 5) is 23.4. The molecule has 1 aromatic rings. The number of carbonyl (C=O) groups is 2. The molecule has 0 radical (unpaired) electrons. The average Bonchev–Trinajstić information content (AvgIpc) is 3.09. The third-order valence-electron chi connectivity index (χ3n) is 3.29. The van der Waals surface area contributed by atoms with Crippen LogP contribution in [-0.4, -0.2) is 24.0 Å². The second kappa shape index (κ2) is 6.93. The van der Waals surface area contributed by atoms with E-state index in [-0.39, 0.29) is 11.9 Å². The van der Waals surface area contributed by atoms with Gasteiger partial charge in [-0.25, -0.2) is 4.79 Å². The Bertz CT molecular complexity index is 472. The zero-order valence-electron chi connectivity index (χ0n) is 11.5. The molecule has 1 aliphatic rings. The van der Waals surface area contributed by atoms with E-state index in [9.17, 15) is 9.59 Å². The highest BCUT2D eigenvalue weighted by atomic mass is 16.5. The lowest BCUT2D eigenvalue weighted by atomic mass is 10.2. The van der Waals surface area contributed by atoms with Crippen LogP contribution in [0.2, 0.25) is 0 Å². The summed E-state index contributed by atoms with van der Waals surface area (Å²) in [5.74, 6) is -0.239. The van der Waals surface area contributed by atoms with Crippen molar-refractivity contribution in [2.75, 3.05) is 0 Å². The van der Waals surface area contributed by atoms with E-state index in [0.717, 1.165) is 25.7 Å². The van der Waals surface area contributed by atoms with Crippen LogP contribution < -0.4 is 5.32 Å². The first kappa shape index (κ1) is 14.4. The highest BCUT2D eigenvalue weighted by Crippen LogP contribution is 2.17. The van der Waals surface area contributed by atoms with Gasteiger partial charge in [0, 0.05) is 12.1 Å². The maximum atomic E-state index is 11.8. The van der Waals surface area contributed by atoms with Gasteiger partial charge in [0.2, 0.25) is 0 Å². The fourth-order valence-corrected chi connectivity index (χ4v) is 2.19. The van der Waals surface area contributed by atoms with Gasteiger partial charge in [0.05, 0.1) is 6.26 Å². The molecule has 108 valence electrons. The molecule has 1 heterocycles. The SMILES string of the molecule is C[C@@H](OC(=O)/C=C/c1ccco1)C(=O)NC1CCCC1. The van der Waals surface area contributed by atoms with E-state index in [4.69, 9.17) is 9.15 Å². The van der Waals surface area contributed by atoms with E-state index in [2.05, 4.69) is 5.32 Å². The maximum Gasteiger partial charge on any atom is 0.331 e. The first-order valence-corrected chi connectivity index (χ1v) is 6.88. The summed E-state index contributed by atoms with van der Waals surface area (Å²) < 4.78 is 10.1. The molecule has 1 saturated carbocycles. The number of furan rings is 1. The van der Waals surface area contributed by atoms with Gasteiger partial charge in [-0.1, -0.05) is 12.8 Å². The molecule has 1 atom stereocenters. The standard InChI is InChI=1S/C15H19NO4/c1-11(15(18)16-12-5-2-3-6-12)20-14(17)9-8-13-7-4-10-19-13/h4,7-12H,2-3,5-6H2,1H3,(H,16,18)/b9-8+/t11-/m1/s1. The lowest BCUT2D eigenvalue weighted by Gasteiger charge is -2.16. The van der Waals surface area contributed by atoms with Crippen LogP contribution in [0.3, 0.4) is 0 Å². The molecule has 0 spiro atoms. The highest BCUT2D eigenvalue weighted by molar-refractivity contribution is 5.90. The lowest BCUT2D eigenvalue weighted by Crippen LogP contribution is -2.40. The van der Waals surface area contributed by atoms with Crippen molar-refractivity contribution in [3.63, 3.8) is 0 Å². The number of carbonyl (C=O) groups excluding carboxylic acids is 2. The van der Waals surface area contributed by atoms with Crippen LogP contribution in [0.5, 0.6) is 0 Å². The third-order valence-corrected chi connectivity index (χ3v) is 3.29. The van der Waals surface area contributed by atoms with E-state index >= 15 is 0 Å². The minimum absolute atomic E-state index is 0.224. The molecular formula is C15H19NO4. The quantitative estimate of drug-likeness (QED) is 0.662. The van der Waals surface area contributed by atoms with Crippen molar-refractivity contribution in [1.29, 1.82) is 0 Å². The molecule has 5 heteroatoms. The Morgan fingerprint density at radius 2 is 2.20 bits per heavy atom. The molecule has 20 heavy (non-hydrogen) atoms. The summed E-state index contributed by atoms with van der Waals surface area (Å²) in [7, 11) is 0. The number of ether oxygens (including phenoxy) is 1. The Hall–Kier alpha value is -2.04. The second-order valence-corrected chi connectivity index (χ2v) is 4.92. The molecule has 1 aromatic heterocycles. The fraction of sp³-hybridized carbons (Fsp3) is 0.467. The summed E-state index contributed by atoms with van der Waals surface area (Å²) >= 11 is 0. The zero-order chi connectivity index (χ0) is 14.4. The molecule has 0 unspecified atom stereocenters. The van der Waals surface area contributed by atoms with Gasteiger partial charge in [0.25, 0.3) is 5.91 Å². The molecule has 0 bridgehead atoms. The molecule has 0 saturated heterocycles. The molecule has 0 aromatic carbocycles. The maximum absolute atomic E-state index is 11.8. The molecule has 2 rings (SSSR count). The van der Waals surface area contributed by atoms with Crippen molar-refractivity contribution in [2.45, 2.75) is 44.8 Å². The van der Waals surface area contributed by atoms with E-state index in [1.807, 2.05) is 0 Å². The number of amides is 1. The Balaban J connectivity index is 1.76. The van der Waals surface area contributed by atoms with Crippen LogP contribution in [0.4, 0.5) is 0 Å². The average molecular weight is 277 g/mol. The Labute approximate surface area is 118 Å². The minimum Gasteiger partial charge on any atom is -0.465 e. The number of hydrogen-bond donors (Lipinski definition) is 1. The third kappa shape index (κ3) is 4.26. The van der Waals surface area contributed by atoms with E-state index in [0.29, 0.717) is 5.76 Å². The van der Waals surface area contributed by atoms with Crippen LogP contribution in [0.15, 0.2) is 28.9 Å². The van der Waals surface area contributed by atoms with Crippen molar-refractivity contribution in [2.24, 2.45) is 0 Å². The molecule has 1 N–H and O–H groups in total. The highest BCUT2D eigenvalue weighted by Gasteiger charge is 2.22. The number of hydrogen-bond acceptors (Lipinski definition) is 4. The van der Waals surface area contributed by atoms with Crippen LogP contribution in [0.1, 0.15) is 38.4 Å². The number of esters is 1. The van der Waals surface area contributed by atoms with Crippen molar-refractivity contribution >= 4 is 18.0 Å². The predicted molar refractivity (Wildman–Crippen MR) is 73.7 cm³/mol. The van der Waals surface area contributed by atoms with Gasteiger partial charge in [0.15, 0.2) is 6.10 Å². The largest absolute Gasteiger partial charge is 0.465 e. The topological polar surface area (TPSA) is 68.5 Å². The van der Waals surface area contributed by atoms with E-state index in [1.165, 1.54) is 18.4 Å². The summed E-state index contributed by atoms with van der Waals surface area (Å²) in [6, 6.07) is 3.67. The van der Waals surface area contributed by atoms with Gasteiger partial charge < -0.3 is 14.5 Å². The van der Waals surface area contributed by atoms with Crippen LogP contribution in [0.25, 0.3) is 6.08 Å². The molecule has 1 aliphatic carbocycles. The molecule has 5 nitrogen and oxygen atoms in total. The van der Waals surface area contributed by atoms with Crippen LogP contribution in [-0.2, 0) is 14.3 Å². The van der Waals surface area contributed by atoms with Crippen molar-refractivity contribution in [1.82, 2.24) is 5.32 Å². The Morgan fingerprint density at radius 1 is 1.45 bits per heavy atom. The van der Waals surface area contributed by atoms with E-state index < -0.39 is 12.1 Å². The Kier molecular flexibility index (Phi) is 4.98. The fourth-order valence-electron chi connectivity index (χ4n) is 2.19. The van der Waals surface area contributed by atoms with Crippen LogP contribution >= 0.6 is 0 Å². The molecule has 1 fully saturated rings. The summed E-state index contributed by atoms with van der Waals surface area (Å²) in [5.41, 5.74) is 0. The van der Waals surface area contributed by atoms with Crippen molar-refractivity contribution < 1.29 is 18.7 Å². The van der Waals surface area contributed by atoms with Crippen molar-refractivity contribution in [3.8, 4) is 0 Å². The molecule has 1 amide bonds. The van der Waals surface area contributed by atoms with Crippen LogP contribution in [0, 0.1) is 0 Å². The summed E-state index contributed by atoms with van der Waals surface area (Å²) in [6.07, 6.45) is 7.78. The van der Waals surface area contributed by atoms with Gasteiger partial charge in [-0.2, -0.15) is 0 Å². The lowest BCUT2D eigenvalue weighted by molar-refractivity contribution is -0.150. The zero-order valence-corrected chi connectivity index (χ0v) is 11.5. The summed E-state index contributed by atoms with van der Waals surface area (Å²) in [6.45, 7) is 1.57. The number of nitrogens with one attached hydrogen (secondary N) is 1. The first-order chi connectivity index (χ1) is 9.65. The number of rotatable bonds is 5.